The minimum Gasteiger partial charge on any atom is -0.375 e. The maximum Gasteiger partial charge on any atom is 0.0629 e. The molecule has 0 aromatic carbocycles. The standard InChI is InChI=1S/C8H14O/c1-6-3-2-4-7-5-8(6)9-7/h6-8H,2-5H2,1H3. The molecule has 0 radical (unpaired) electrons. The molecule has 2 heterocycles. The molecule has 1 aliphatic carbocycles. The SMILES string of the molecule is CC1CCCC2CC1O2. The summed E-state index contributed by atoms with van der Waals surface area (Å²) in [5.74, 6) is 0.837. The summed E-state index contributed by atoms with van der Waals surface area (Å²) in [5.41, 5.74) is 0. The predicted octanol–water partition coefficient (Wildman–Crippen LogP) is 1.96. The lowest BCUT2D eigenvalue weighted by atomic mass is 9.96. The number of rotatable bonds is 0. The molecule has 1 nitrogen and oxygen atoms in total. The number of fused-ring (bicyclic) bond motifs is 3. The van der Waals surface area contributed by atoms with Gasteiger partial charge >= 0.3 is 0 Å². The maximum absolute atomic E-state index is 5.61. The van der Waals surface area contributed by atoms with Crippen molar-refractivity contribution in [3.05, 3.63) is 0 Å². The normalized spacial score (nSPS) is 49.7. The lowest BCUT2D eigenvalue weighted by Gasteiger charge is -2.36. The van der Waals surface area contributed by atoms with Crippen molar-refractivity contribution in [1.29, 1.82) is 0 Å². The van der Waals surface area contributed by atoms with Crippen LogP contribution in [0, 0.1) is 5.92 Å². The highest BCUT2D eigenvalue weighted by molar-refractivity contribution is 4.85. The van der Waals surface area contributed by atoms with Gasteiger partial charge in [-0.25, -0.2) is 0 Å². The van der Waals surface area contributed by atoms with Gasteiger partial charge in [-0.2, -0.15) is 0 Å². The molecule has 1 heteroatoms. The van der Waals surface area contributed by atoms with Gasteiger partial charge in [0.1, 0.15) is 0 Å². The summed E-state index contributed by atoms with van der Waals surface area (Å²) in [5, 5.41) is 0. The number of hydrogen-bond donors (Lipinski definition) is 0. The zero-order chi connectivity index (χ0) is 6.27. The molecule has 3 aliphatic rings. The molecule has 2 bridgehead atoms. The smallest absolute Gasteiger partial charge is 0.0629 e. The van der Waals surface area contributed by atoms with Gasteiger partial charge in [-0.15, -0.1) is 0 Å². The largest absolute Gasteiger partial charge is 0.375 e. The Morgan fingerprint density at radius 2 is 2.11 bits per heavy atom. The number of hydrogen-bond acceptors (Lipinski definition) is 1. The van der Waals surface area contributed by atoms with E-state index >= 15 is 0 Å². The summed E-state index contributed by atoms with van der Waals surface area (Å²) >= 11 is 0. The van der Waals surface area contributed by atoms with Crippen LogP contribution in [0.2, 0.25) is 0 Å². The van der Waals surface area contributed by atoms with Crippen molar-refractivity contribution in [2.45, 2.75) is 44.8 Å². The first-order valence-electron chi connectivity index (χ1n) is 4.02. The average Bonchev–Trinajstić information content (AvgIpc) is 1.93. The van der Waals surface area contributed by atoms with E-state index in [1.165, 1.54) is 25.7 Å². The Bertz CT molecular complexity index is 102. The van der Waals surface area contributed by atoms with Gasteiger partial charge in [-0.1, -0.05) is 13.3 Å². The molecule has 2 aliphatic heterocycles. The molecule has 9 heavy (non-hydrogen) atoms. The van der Waals surface area contributed by atoms with Crippen LogP contribution in [0.3, 0.4) is 0 Å². The molecule has 3 fully saturated rings. The highest BCUT2D eigenvalue weighted by atomic mass is 16.5. The molecule has 0 spiro atoms. The topological polar surface area (TPSA) is 9.23 Å². The van der Waals surface area contributed by atoms with Crippen molar-refractivity contribution >= 4 is 0 Å². The molecule has 3 rings (SSSR count). The molecule has 2 saturated heterocycles. The molecule has 0 amide bonds. The van der Waals surface area contributed by atoms with E-state index in [0.29, 0.717) is 12.2 Å². The highest BCUT2D eigenvalue weighted by Gasteiger charge is 2.36. The van der Waals surface area contributed by atoms with Gasteiger partial charge in [0.2, 0.25) is 0 Å². The lowest BCUT2D eigenvalue weighted by molar-refractivity contribution is -0.136. The molecular formula is C8H14O. The summed E-state index contributed by atoms with van der Waals surface area (Å²) in [7, 11) is 0. The van der Waals surface area contributed by atoms with E-state index in [1.54, 1.807) is 0 Å². The monoisotopic (exact) mass is 126 g/mol. The third kappa shape index (κ3) is 0.877. The van der Waals surface area contributed by atoms with E-state index in [1.807, 2.05) is 0 Å². The fourth-order valence-electron chi connectivity index (χ4n) is 1.90. The van der Waals surface area contributed by atoms with Gasteiger partial charge in [0, 0.05) is 6.42 Å². The first kappa shape index (κ1) is 5.72. The third-order valence-corrected chi connectivity index (χ3v) is 2.68. The van der Waals surface area contributed by atoms with Gasteiger partial charge in [0.15, 0.2) is 0 Å². The van der Waals surface area contributed by atoms with Crippen LogP contribution in [0.4, 0.5) is 0 Å². The van der Waals surface area contributed by atoms with Gasteiger partial charge in [-0.3, -0.25) is 0 Å². The van der Waals surface area contributed by atoms with Crippen LogP contribution in [0.1, 0.15) is 32.6 Å². The minimum absolute atomic E-state index is 0.637. The van der Waals surface area contributed by atoms with E-state index in [-0.39, 0.29) is 0 Å². The Morgan fingerprint density at radius 3 is 2.89 bits per heavy atom. The quantitative estimate of drug-likeness (QED) is 0.482. The molecular weight excluding hydrogens is 112 g/mol. The van der Waals surface area contributed by atoms with Crippen molar-refractivity contribution in [2.24, 2.45) is 5.92 Å². The summed E-state index contributed by atoms with van der Waals surface area (Å²) in [6.45, 7) is 2.31. The summed E-state index contributed by atoms with van der Waals surface area (Å²) in [6, 6.07) is 0. The molecule has 0 aromatic rings. The van der Waals surface area contributed by atoms with Gasteiger partial charge in [-0.05, 0) is 18.8 Å². The van der Waals surface area contributed by atoms with E-state index in [9.17, 15) is 0 Å². The zero-order valence-corrected chi connectivity index (χ0v) is 5.97. The Kier molecular flexibility index (Phi) is 1.26. The fraction of sp³-hybridized carbons (Fsp3) is 1.00. The van der Waals surface area contributed by atoms with Crippen LogP contribution in [0.15, 0.2) is 0 Å². The van der Waals surface area contributed by atoms with Gasteiger partial charge in [0.05, 0.1) is 12.2 Å². The van der Waals surface area contributed by atoms with E-state index in [0.717, 1.165) is 5.92 Å². The van der Waals surface area contributed by atoms with E-state index < -0.39 is 0 Å². The zero-order valence-electron chi connectivity index (χ0n) is 5.97. The first-order valence-corrected chi connectivity index (χ1v) is 4.02. The second-order valence-electron chi connectivity index (χ2n) is 3.44. The van der Waals surface area contributed by atoms with Crippen molar-refractivity contribution in [3.8, 4) is 0 Å². The maximum atomic E-state index is 5.61. The van der Waals surface area contributed by atoms with Crippen molar-refractivity contribution in [2.75, 3.05) is 0 Å². The van der Waals surface area contributed by atoms with Crippen molar-refractivity contribution < 1.29 is 4.74 Å². The van der Waals surface area contributed by atoms with Crippen LogP contribution in [-0.2, 0) is 4.74 Å². The van der Waals surface area contributed by atoms with Gasteiger partial charge in [0.25, 0.3) is 0 Å². The van der Waals surface area contributed by atoms with Crippen LogP contribution >= 0.6 is 0 Å². The van der Waals surface area contributed by atoms with Crippen molar-refractivity contribution in [1.82, 2.24) is 0 Å². The predicted molar refractivity (Wildman–Crippen MR) is 36.3 cm³/mol. The Morgan fingerprint density at radius 1 is 1.33 bits per heavy atom. The highest BCUT2D eigenvalue weighted by Crippen LogP contribution is 2.36. The van der Waals surface area contributed by atoms with E-state index in [4.69, 9.17) is 4.74 Å². The summed E-state index contributed by atoms with van der Waals surface area (Å²) < 4.78 is 5.61. The second kappa shape index (κ2) is 1.98. The summed E-state index contributed by atoms with van der Waals surface area (Å²) in [6.07, 6.45) is 6.74. The first-order chi connectivity index (χ1) is 4.36. The van der Waals surface area contributed by atoms with Crippen LogP contribution in [-0.4, -0.2) is 12.2 Å². The molecule has 1 saturated carbocycles. The van der Waals surface area contributed by atoms with Gasteiger partial charge < -0.3 is 4.74 Å². The minimum atomic E-state index is 0.637. The number of ether oxygens (including phenoxy) is 1. The molecule has 3 unspecified atom stereocenters. The third-order valence-electron chi connectivity index (χ3n) is 2.68. The Hall–Kier alpha value is -0.0400. The van der Waals surface area contributed by atoms with Crippen molar-refractivity contribution in [3.63, 3.8) is 0 Å². The van der Waals surface area contributed by atoms with Crippen LogP contribution in [0.5, 0.6) is 0 Å². The molecule has 0 aromatic heterocycles. The Labute approximate surface area is 56.4 Å². The Balaban J connectivity index is 1.99. The van der Waals surface area contributed by atoms with Crippen LogP contribution < -0.4 is 0 Å². The lowest BCUT2D eigenvalue weighted by Crippen LogP contribution is -2.38. The second-order valence-corrected chi connectivity index (χ2v) is 3.44. The fourth-order valence-corrected chi connectivity index (χ4v) is 1.90. The average molecular weight is 126 g/mol. The van der Waals surface area contributed by atoms with E-state index in [2.05, 4.69) is 6.92 Å². The molecule has 52 valence electrons. The summed E-state index contributed by atoms with van der Waals surface area (Å²) in [4.78, 5) is 0. The molecule has 3 atom stereocenters. The van der Waals surface area contributed by atoms with Crippen LogP contribution in [0.25, 0.3) is 0 Å². The molecule has 0 N–H and O–H groups in total.